The lowest BCUT2D eigenvalue weighted by Gasteiger charge is -2.05. The van der Waals surface area contributed by atoms with E-state index in [9.17, 15) is 19.7 Å². The number of hydrogen-bond donors (Lipinski definition) is 0. The van der Waals surface area contributed by atoms with E-state index in [0.29, 0.717) is 11.8 Å². The molecule has 1 aromatic rings. The minimum atomic E-state index is -0.770. The maximum absolute atomic E-state index is 11.3. The van der Waals surface area contributed by atoms with Crippen molar-refractivity contribution in [3.8, 4) is 0 Å². The fourth-order valence-electron chi connectivity index (χ4n) is 1.32. The van der Waals surface area contributed by atoms with Gasteiger partial charge in [0.2, 0.25) is 0 Å². The molecule has 0 heterocycles. The van der Waals surface area contributed by atoms with Gasteiger partial charge in [-0.15, -0.1) is 0 Å². The first-order valence-corrected chi connectivity index (χ1v) is 4.33. The highest BCUT2D eigenvalue weighted by molar-refractivity contribution is 5.99. The van der Waals surface area contributed by atoms with Crippen molar-refractivity contribution < 1.29 is 19.2 Å². The van der Waals surface area contributed by atoms with Crippen LogP contribution in [0.1, 0.15) is 26.3 Å². The summed E-state index contributed by atoms with van der Waals surface area (Å²) >= 11 is 0. The number of esters is 1. The minimum Gasteiger partial charge on any atom is -0.465 e. The van der Waals surface area contributed by atoms with E-state index in [1.54, 1.807) is 0 Å². The number of ether oxygens (including phenoxy) is 1. The van der Waals surface area contributed by atoms with Crippen molar-refractivity contribution in [2.75, 3.05) is 7.11 Å². The summed E-state index contributed by atoms with van der Waals surface area (Å²) in [4.78, 5) is 32.0. The van der Waals surface area contributed by atoms with Gasteiger partial charge in [-0.25, -0.2) is 4.79 Å². The number of nitrogens with zero attached hydrogens (tertiary/aromatic N) is 1. The first-order chi connectivity index (χ1) is 7.51. The van der Waals surface area contributed by atoms with Crippen LogP contribution in [0, 0.1) is 17.0 Å². The zero-order chi connectivity index (χ0) is 12.3. The number of nitro groups is 1. The van der Waals surface area contributed by atoms with Gasteiger partial charge in [-0.2, -0.15) is 0 Å². The van der Waals surface area contributed by atoms with E-state index in [1.165, 1.54) is 13.0 Å². The number of non-ortho nitro benzene ring substituents is 1. The van der Waals surface area contributed by atoms with Crippen molar-refractivity contribution in [3.63, 3.8) is 0 Å². The molecule has 6 nitrogen and oxygen atoms in total. The van der Waals surface area contributed by atoms with Crippen LogP contribution in [0.2, 0.25) is 0 Å². The summed E-state index contributed by atoms with van der Waals surface area (Å²) < 4.78 is 4.45. The van der Waals surface area contributed by atoms with Gasteiger partial charge in [-0.1, -0.05) is 0 Å². The van der Waals surface area contributed by atoms with E-state index in [1.807, 2.05) is 0 Å². The molecular weight excluding hydrogens is 214 g/mol. The largest absolute Gasteiger partial charge is 0.465 e. The third-order valence-electron chi connectivity index (χ3n) is 2.11. The molecule has 84 valence electrons. The van der Waals surface area contributed by atoms with Crippen molar-refractivity contribution >= 4 is 17.9 Å². The van der Waals surface area contributed by atoms with Gasteiger partial charge in [0.05, 0.1) is 17.6 Å². The number of carbonyl (C=O) groups is 2. The fraction of sp³-hybridized carbons (Fsp3) is 0.200. The van der Waals surface area contributed by atoms with Crippen molar-refractivity contribution in [1.29, 1.82) is 0 Å². The molecule has 0 fully saturated rings. The fourth-order valence-corrected chi connectivity index (χ4v) is 1.32. The summed E-state index contributed by atoms with van der Waals surface area (Å²) in [5.41, 5.74) is 0.134. The number of aryl methyl sites for hydroxylation is 1. The second-order valence-electron chi connectivity index (χ2n) is 3.09. The van der Waals surface area contributed by atoms with Gasteiger partial charge in [0.15, 0.2) is 6.29 Å². The molecule has 1 rings (SSSR count). The molecule has 0 bridgehead atoms. The molecule has 6 heteroatoms. The molecule has 1 aromatic carbocycles. The zero-order valence-corrected chi connectivity index (χ0v) is 8.72. The molecule has 0 aliphatic heterocycles. The number of methoxy groups -OCH3 is 1. The Morgan fingerprint density at radius 1 is 1.50 bits per heavy atom. The maximum atomic E-state index is 11.3. The standard InChI is InChI=1S/C10H9NO5/c1-6-3-7(11(14)15)4-8(9(6)5-12)10(13)16-2/h3-5H,1-2H3. The summed E-state index contributed by atoms with van der Waals surface area (Å²) in [6.45, 7) is 1.52. The minimum absolute atomic E-state index is 0.0933. The summed E-state index contributed by atoms with van der Waals surface area (Å²) in [7, 11) is 1.14. The number of carbonyl (C=O) groups excluding carboxylic acids is 2. The normalized spacial score (nSPS) is 9.62. The Kier molecular flexibility index (Phi) is 3.34. The average Bonchev–Trinajstić information content (AvgIpc) is 2.26. The Bertz CT molecular complexity index is 467. The van der Waals surface area contributed by atoms with E-state index >= 15 is 0 Å². The number of hydrogen-bond acceptors (Lipinski definition) is 5. The molecule has 0 unspecified atom stereocenters. The highest BCUT2D eigenvalue weighted by Gasteiger charge is 2.19. The number of aldehydes is 1. The van der Waals surface area contributed by atoms with Crippen LogP contribution in [-0.4, -0.2) is 24.3 Å². The number of nitro benzene ring substituents is 1. The van der Waals surface area contributed by atoms with Crippen LogP contribution >= 0.6 is 0 Å². The van der Waals surface area contributed by atoms with Gasteiger partial charge in [0, 0.05) is 17.7 Å². The quantitative estimate of drug-likeness (QED) is 0.335. The molecule has 0 spiro atoms. The Balaban J connectivity index is 3.48. The molecule has 0 aliphatic carbocycles. The predicted octanol–water partition coefficient (Wildman–Crippen LogP) is 1.50. The van der Waals surface area contributed by atoms with E-state index in [2.05, 4.69) is 4.74 Å². The van der Waals surface area contributed by atoms with Gasteiger partial charge in [-0.05, 0) is 12.5 Å². The van der Waals surface area contributed by atoms with Gasteiger partial charge >= 0.3 is 5.97 Å². The summed E-state index contributed by atoms with van der Waals surface area (Å²) in [6.07, 6.45) is 0.477. The molecule has 16 heavy (non-hydrogen) atoms. The van der Waals surface area contributed by atoms with Crippen molar-refractivity contribution in [2.24, 2.45) is 0 Å². The van der Waals surface area contributed by atoms with Crippen LogP contribution in [0.5, 0.6) is 0 Å². The van der Waals surface area contributed by atoms with E-state index in [-0.39, 0.29) is 16.8 Å². The summed E-state index contributed by atoms with van der Waals surface area (Å²) in [6, 6.07) is 2.26. The Morgan fingerprint density at radius 3 is 2.56 bits per heavy atom. The van der Waals surface area contributed by atoms with Gasteiger partial charge in [0.1, 0.15) is 0 Å². The van der Waals surface area contributed by atoms with E-state index < -0.39 is 10.9 Å². The average molecular weight is 223 g/mol. The molecule has 0 saturated carbocycles. The lowest BCUT2D eigenvalue weighted by molar-refractivity contribution is -0.384. The third-order valence-corrected chi connectivity index (χ3v) is 2.11. The first-order valence-electron chi connectivity index (χ1n) is 4.33. The van der Waals surface area contributed by atoms with Crippen LogP contribution in [0.4, 0.5) is 5.69 Å². The Morgan fingerprint density at radius 2 is 2.12 bits per heavy atom. The summed E-state index contributed by atoms with van der Waals surface area (Å²) in [5.74, 6) is -0.770. The lowest BCUT2D eigenvalue weighted by Crippen LogP contribution is -2.08. The first kappa shape index (κ1) is 11.8. The van der Waals surface area contributed by atoms with Crippen LogP contribution in [0.25, 0.3) is 0 Å². The van der Waals surface area contributed by atoms with Crippen LogP contribution in [0.15, 0.2) is 12.1 Å². The Hall–Kier alpha value is -2.24. The highest BCUT2D eigenvalue weighted by atomic mass is 16.6. The van der Waals surface area contributed by atoms with Gasteiger partial charge in [-0.3, -0.25) is 14.9 Å². The molecule has 0 aromatic heterocycles. The second-order valence-corrected chi connectivity index (χ2v) is 3.09. The molecule has 0 saturated heterocycles. The zero-order valence-electron chi connectivity index (χ0n) is 8.72. The molecule has 0 N–H and O–H groups in total. The van der Waals surface area contributed by atoms with Gasteiger partial charge < -0.3 is 4.74 Å². The maximum Gasteiger partial charge on any atom is 0.338 e. The second kappa shape index (κ2) is 4.52. The van der Waals surface area contributed by atoms with E-state index in [4.69, 9.17) is 0 Å². The van der Waals surface area contributed by atoms with Gasteiger partial charge in [0.25, 0.3) is 5.69 Å². The summed E-state index contributed by atoms with van der Waals surface area (Å²) in [5, 5.41) is 10.6. The molecule has 0 aliphatic rings. The number of benzene rings is 1. The van der Waals surface area contributed by atoms with Crippen molar-refractivity contribution in [1.82, 2.24) is 0 Å². The molecule has 0 atom stereocenters. The van der Waals surface area contributed by atoms with Crippen molar-refractivity contribution in [3.05, 3.63) is 38.9 Å². The third kappa shape index (κ3) is 2.05. The van der Waals surface area contributed by atoms with E-state index in [0.717, 1.165) is 13.2 Å². The number of rotatable bonds is 3. The topological polar surface area (TPSA) is 86.5 Å². The molecule has 0 radical (unpaired) electrons. The monoisotopic (exact) mass is 223 g/mol. The van der Waals surface area contributed by atoms with Crippen LogP contribution < -0.4 is 0 Å². The van der Waals surface area contributed by atoms with Crippen LogP contribution in [0.3, 0.4) is 0 Å². The highest BCUT2D eigenvalue weighted by Crippen LogP contribution is 2.21. The SMILES string of the molecule is COC(=O)c1cc([N+](=O)[O-])cc(C)c1C=O. The predicted molar refractivity (Wildman–Crippen MR) is 54.6 cm³/mol. The molecular formula is C10H9NO5. The Labute approximate surface area is 91.0 Å². The lowest BCUT2D eigenvalue weighted by atomic mass is 10.0. The van der Waals surface area contributed by atoms with Crippen molar-refractivity contribution in [2.45, 2.75) is 6.92 Å². The van der Waals surface area contributed by atoms with Crippen LogP contribution in [-0.2, 0) is 4.74 Å². The smallest absolute Gasteiger partial charge is 0.338 e. The molecule has 0 amide bonds.